The van der Waals surface area contributed by atoms with E-state index in [2.05, 4.69) is 20.4 Å². The van der Waals surface area contributed by atoms with Crippen molar-refractivity contribution >= 4 is 80.8 Å². The molecule has 0 unspecified atom stereocenters. The van der Waals surface area contributed by atoms with E-state index in [1.165, 1.54) is 52.3 Å². The van der Waals surface area contributed by atoms with Crippen molar-refractivity contribution < 1.29 is 34.2 Å². The highest BCUT2D eigenvalue weighted by Crippen LogP contribution is 2.42. The topological polar surface area (TPSA) is 197 Å². The summed E-state index contributed by atoms with van der Waals surface area (Å²) in [4.78, 5) is 63.9. The summed E-state index contributed by atoms with van der Waals surface area (Å²) in [5.41, 5.74) is 6.70. The number of β-lactam (4-membered cyclic amide) rings is 1. The van der Waals surface area contributed by atoms with E-state index in [1.54, 1.807) is 6.92 Å². The predicted molar refractivity (Wildman–Crippen MR) is 139 cm³/mol. The molecular weight excluding hydrogens is 565 g/mol. The molecule has 2 aliphatic heterocycles. The van der Waals surface area contributed by atoms with Crippen molar-refractivity contribution in [2.45, 2.75) is 29.1 Å². The van der Waals surface area contributed by atoms with Crippen LogP contribution < -0.4 is 11.1 Å². The average Bonchev–Trinajstić information content (AvgIpc) is 3.42. The first-order valence-corrected chi connectivity index (χ1v) is 14.2. The highest BCUT2D eigenvalue weighted by molar-refractivity contribution is 8.01. The lowest BCUT2D eigenvalue weighted by molar-refractivity contribution is -0.150. The van der Waals surface area contributed by atoms with Crippen LogP contribution in [0, 0.1) is 6.92 Å². The second kappa shape index (κ2) is 11.1. The summed E-state index contributed by atoms with van der Waals surface area (Å²) in [6, 6.07) is -0.959. The first kappa shape index (κ1) is 26.9. The van der Waals surface area contributed by atoms with Crippen molar-refractivity contribution in [1.82, 2.24) is 20.2 Å². The van der Waals surface area contributed by atoms with Crippen LogP contribution >= 0.6 is 46.2 Å². The number of thioether (sulfide) groups is 2. The number of aromatic nitrogens is 2. The highest BCUT2D eigenvalue weighted by atomic mass is 32.2. The number of hydrogen-bond donors (Lipinski definition) is 4. The summed E-state index contributed by atoms with van der Waals surface area (Å²) in [6.07, 6.45) is -0.132. The van der Waals surface area contributed by atoms with Crippen LogP contribution in [0.1, 0.15) is 16.3 Å². The fourth-order valence-electron chi connectivity index (χ4n) is 3.61. The van der Waals surface area contributed by atoms with Gasteiger partial charge in [-0.3, -0.25) is 19.3 Å². The summed E-state index contributed by atoms with van der Waals surface area (Å²) >= 11 is 4.98. The minimum absolute atomic E-state index is 0.121. The molecule has 1 fully saturated rings. The van der Waals surface area contributed by atoms with Crippen molar-refractivity contribution in [3.8, 4) is 0 Å². The van der Waals surface area contributed by atoms with E-state index in [4.69, 9.17) is 15.7 Å². The molecule has 17 heteroatoms. The monoisotopic (exact) mass is 584 g/mol. The normalized spacial score (nSPS) is 19.4. The SMILES string of the molecule is CO/N=C(/C(=O)N[C@H]1C(=O)N2C(C(=O)O)=C(CSc3nc(C)c(CC(=O)O)s3)CS[C@@H]12)c1csc(N)n1. The van der Waals surface area contributed by atoms with E-state index in [0.29, 0.717) is 26.2 Å². The van der Waals surface area contributed by atoms with Gasteiger partial charge in [0.1, 0.15) is 29.9 Å². The van der Waals surface area contributed by atoms with Gasteiger partial charge in [0.05, 0.1) is 12.1 Å². The predicted octanol–water partition coefficient (Wildman–Crippen LogP) is 0.999. The van der Waals surface area contributed by atoms with Crippen LogP contribution in [0.25, 0.3) is 0 Å². The highest BCUT2D eigenvalue weighted by Gasteiger charge is 2.54. The van der Waals surface area contributed by atoms with Gasteiger partial charge in [-0.15, -0.1) is 34.4 Å². The lowest BCUT2D eigenvalue weighted by Gasteiger charge is -2.49. The zero-order chi connectivity index (χ0) is 26.9. The number of carboxylic acids is 2. The van der Waals surface area contributed by atoms with E-state index >= 15 is 0 Å². The zero-order valence-corrected chi connectivity index (χ0v) is 22.6. The van der Waals surface area contributed by atoms with Gasteiger partial charge in [0.2, 0.25) is 0 Å². The number of nitrogens with zero attached hydrogens (tertiary/aromatic N) is 4. The molecule has 2 aliphatic rings. The number of aliphatic carboxylic acids is 2. The zero-order valence-electron chi connectivity index (χ0n) is 19.3. The summed E-state index contributed by atoms with van der Waals surface area (Å²) in [6.45, 7) is 1.72. The number of fused-ring (bicyclic) bond motifs is 1. The Kier molecular flexibility index (Phi) is 8.05. The number of nitrogens with two attached hydrogens (primary N) is 1. The number of carbonyl (C=O) groups excluding carboxylic acids is 2. The third-order valence-electron chi connectivity index (χ3n) is 5.25. The van der Waals surface area contributed by atoms with Gasteiger partial charge in [0.25, 0.3) is 11.8 Å². The quantitative estimate of drug-likeness (QED) is 0.134. The number of thiazole rings is 2. The van der Waals surface area contributed by atoms with Crippen LogP contribution in [0.3, 0.4) is 0 Å². The number of oxime groups is 1. The van der Waals surface area contributed by atoms with Crippen molar-refractivity contribution in [2.75, 3.05) is 24.3 Å². The largest absolute Gasteiger partial charge is 0.481 e. The molecule has 0 aliphatic carbocycles. The number of nitrogen functional groups attached to an aromatic ring is 1. The van der Waals surface area contributed by atoms with Gasteiger partial charge in [-0.2, -0.15) is 0 Å². The molecule has 0 saturated carbocycles. The van der Waals surface area contributed by atoms with Gasteiger partial charge >= 0.3 is 11.9 Å². The molecule has 4 rings (SSSR count). The maximum Gasteiger partial charge on any atom is 0.352 e. The van der Waals surface area contributed by atoms with E-state index < -0.39 is 35.2 Å². The van der Waals surface area contributed by atoms with Crippen LogP contribution in [0.5, 0.6) is 0 Å². The van der Waals surface area contributed by atoms with Gasteiger partial charge in [0, 0.05) is 21.8 Å². The van der Waals surface area contributed by atoms with E-state index in [0.717, 1.165) is 11.3 Å². The fraction of sp³-hybridized carbons (Fsp3) is 0.350. The first-order chi connectivity index (χ1) is 17.6. The molecule has 0 radical (unpaired) electrons. The second-order valence-corrected chi connectivity index (χ2v) is 12.0. The van der Waals surface area contributed by atoms with Crippen LogP contribution in [-0.4, -0.2) is 84.6 Å². The Labute approximate surface area is 226 Å². The molecule has 1 saturated heterocycles. The Morgan fingerprint density at radius 1 is 1.35 bits per heavy atom. The Bertz CT molecular complexity index is 1340. The smallest absolute Gasteiger partial charge is 0.352 e. The van der Waals surface area contributed by atoms with Crippen molar-refractivity contribution in [3.63, 3.8) is 0 Å². The Balaban J connectivity index is 1.47. The van der Waals surface area contributed by atoms with Crippen molar-refractivity contribution in [2.24, 2.45) is 5.16 Å². The molecule has 196 valence electrons. The second-order valence-electron chi connectivity index (χ2n) is 7.66. The number of carbonyl (C=O) groups is 4. The van der Waals surface area contributed by atoms with Crippen LogP contribution in [0.15, 0.2) is 26.1 Å². The molecule has 2 aromatic heterocycles. The Morgan fingerprint density at radius 3 is 2.73 bits per heavy atom. The lowest BCUT2D eigenvalue weighted by atomic mass is 10.0. The summed E-state index contributed by atoms with van der Waals surface area (Å²) in [5, 5.41) is 26.3. The summed E-state index contributed by atoms with van der Waals surface area (Å²) in [5.74, 6) is -2.89. The first-order valence-electron chi connectivity index (χ1n) is 10.4. The van der Waals surface area contributed by atoms with Crippen molar-refractivity contribution in [1.29, 1.82) is 0 Å². The minimum Gasteiger partial charge on any atom is -0.481 e. The minimum atomic E-state index is -1.25. The molecule has 2 aromatic rings. The molecule has 4 heterocycles. The molecular formula is C20H20N6O7S4. The van der Waals surface area contributed by atoms with Gasteiger partial charge in [-0.1, -0.05) is 16.9 Å². The fourth-order valence-corrected chi connectivity index (χ4v) is 7.87. The Morgan fingerprint density at radius 2 is 2.11 bits per heavy atom. The number of rotatable bonds is 10. The summed E-state index contributed by atoms with van der Waals surface area (Å²) < 4.78 is 0.617. The number of aryl methyl sites for hydroxylation is 1. The van der Waals surface area contributed by atoms with Crippen LogP contribution in [0.2, 0.25) is 0 Å². The van der Waals surface area contributed by atoms with E-state index in [1.807, 2.05) is 0 Å². The van der Waals surface area contributed by atoms with Crippen LogP contribution in [-0.2, 0) is 30.4 Å². The lowest BCUT2D eigenvalue weighted by Crippen LogP contribution is -2.71. The van der Waals surface area contributed by atoms with Gasteiger partial charge in [0.15, 0.2) is 15.2 Å². The molecule has 0 spiro atoms. The summed E-state index contributed by atoms with van der Waals surface area (Å²) in [7, 11) is 1.26. The van der Waals surface area contributed by atoms with E-state index in [9.17, 15) is 24.3 Å². The molecule has 13 nitrogen and oxygen atoms in total. The standard InChI is InChI=1S/C20H20N6O7S4/c1-7-10(3-11(27)28)37-20(22-7)36-5-8-4-34-17-13(16(30)26(17)14(8)18(31)32)24-15(29)12(25-33-2)9-6-35-19(21)23-9/h6,13,17H,3-5H2,1-2H3,(H2,21,23)(H,24,29)(H,27,28)(H,31,32)/b25-12+/t13-,17-/m0/s1. The van der Waals surface area contributed by atoms with Gasteiger partial charge in [-0.05, 0) is 12.5 Å². The molecule has 0 bridgehead atoms. The maximum atomic E-state index is 13.0. The van der Waals surface area contributed by atoms with Gasteiger partial charge < -0.3 is 26.1 Å². The van der Waals surface area contributed by atoms with Crippen LogP contribution in [0.4, 0.5) is 5.13 Å². The number of anilines is 1. The molecule has 2 amide bonds. The number of carboxylic acid groups (broad SMARTS) is 2. The molecule has 2 atom stereocenters. The number of nitrogens with one attached hydrogen (secondary N) is 1. The molecule has 37 heavy (non-hydrogen) atoms. The number of hydrogen-bond acceptors (Lipinski definition) is 13. The maximum absolute atomic E-state index is 13.0. The number of amides is 2. The third kappa shape index (κ3) is 5.58. The van der Waals surface area contributed by atoms with Gasteiger partial charge in [-0.25, -0.2) is 14.8 Å². The molecule has 5 N–H and O–H groups in total. The van der Waals surface area contributed by atoms with E-state index in [-0.39, 0.29) is 34.4 Å². The average molecular weight is 585 g/mol. The Hall–Kier alpha value is -3.15. The third-order valence-corrected chi connectivity index (χ3v) is 9.65. The molecule has 0 aromatic carbocycles. The van der Waals surface area contributed by atoms with Crippen molar-refractivity contribution in [3.05, 3.63) is 32.9 Å².